The smallest absolute Gasteiger partial charge is 0.261 e. The number of hydrogen-bond donors (Lipinski definition) is 1. The number of benzene rings is 2. The van der Waals surface area contributed by atoms with E-state index < -0.39 is 10.0 Å². The molecule has 0 saturated carbocycles. The molecule has 1 aromatic heterocycles. The van der Waals surface area contributed by atoms with Crippen LogP contribution in [0.5, 0.6) is 11.5 Å². The van der Waals surface area contributed by atoms with Gasteiger partial charge in [0.1, 0.15) is 11.5 Å². The minimum Gasteiger partial charge on any atom is -0.455 e. The molecule has 128 valence electrons. The fraction of sp³-hybridized carbons (Fsp3) is 0.105. The number of anilines is 1. The molecule has 0 radical (unpaired) electrons. The van der Waals surface area contributed by atoms with E-state index in [4.69, 9.17) is 4.74 Å². The molecule has 0 fully saturated rings. The third-order valence-electron chi connectivity index (χ3n) is 3.62. The van der Waals surface area contributed by atoms with E-state index in [1.165, 1.54) is 0 Å². The van der Waals surface area contributed by atoms with Gasteiger partial charge in [-0.1, -0.05) is 17.7 Å². The van der Waals surface area contributed by atoms with Crippen molar-refractivity contribution in [2.45, 2.75) is 18.7 Å². The second-order valence-electron chi connectivity index (χ2n) is 5.69. The number of hydrogen-bond acceptors (Lipinski definition) is 4. The molecule has 0 unspecified atom stereocenters. The van der Waals surface area contributed by atoms with Crippen LogP contribution in [-0.4, -0.2) is 13.4 Å². The number of nitrogens with one attached hydrogen (secondary N) is 1. The Morgan fingerprint density at radius 1 is 1.00 bits per heavy atom. The molecule has 0 amide bonds. The van der Waals surface area contributed by atoms with Crippen molar-refractivity contribution >= 4 is 15.7 Å². The molecule has 0 spiro atoms. The fourth-order valence-corrected chi connectivity index (χ4v) is 3.34. The van der Waals surface area contributed by atoms with Gasteiger partial charge in [0.15, 0.2) is 0 Å². The van der Waals surface area contributed by atoms with E-state index in [0.29, 0.717) is 17.2 Å². The van der Waals surface area contributed by atoms with Crippen LogP contribution in [0.1, 0.15) is 11.1 Å². The van der Waals surface area contributed by atoms with Gasteiger partial charge in [-0.05, 0) is 61.9 Å². The first kappa shape index (κ1) is 17.0. The Morgan fingerprint density at radius 2 is 1.76 bits per heavy atom. The Balaban J connectivity index is 1.80. The zero-order chi connectivity index (χ0) is 17.9. The SMILES string of the molecule is Cc1ccc(S(=O)(=O)Nc2ccc(Oc3cccnc3)c(C)c2)cc1. The average Bonchev–Trinajstić information content (AvgIpc) is 2.58. The van der Waals surface area contributed by atoms with Crippen molar-refractivity contribution < 1.29 is 13.2 Å². The second kappa shape index (κ2) is 6.94. The molecule has 0 atom stereocenters. The van der Waals surface area contributed by atoms with Gasteiger partial charge in [-0.2, -0.15) is 0 Å². The van der Waals surface area contributed by atoms with Crippen LogP contribution in [0.15, 0.2) is 71.9 Å². The maximum Gasteiger partial charge on any atom is 0.261 e. The van der Waals surface area contributed by atoms with E-state index >= 15 is 0 Å². The van der Waals surface area contributed by atoms with Crippen molar-refractivity contribution in [2.24, 2.45) is 0 Å². The van der Waals surface area contributed by atoms with Gasteiger partial charge in [-0.3, -0.25) is 9.71 Å². The monoisotopic (exact) mass is 354 g/mol. The molecule has 25 heavy (non-hydrogen) atoms. The summed E-state index contributed by atoms with van der Waals surface area (Å²) in [7, 11) is -3.62. The molecular formula is C19H18N2O3S. The molecule has 6 heteroatoms. The van der Waals surface area contributed by atoms with E-state index in [9.17, 15) is 8.42 Å². The summed E-state index contributed by atoms with van der Waals surface area (Å²) in [6.45, 7) is 3.77. The first-order chi connectivity index (χ1) is 11.9. The summed E-state index contributed by atoms with van der Waals surface area (Å²) in [5.74, 6) is 1.27. The van der Waals surface area contributed by atoms with Crippen LogP contribution >= 0.6 is 0 Å². The maximum absolute atomic E-state index is 12.4. The van der Waals surface area contributed by atoms with E-state index in [1.807, 2.05) is 13.8 Å². The van der Waals surface area contributed by atoms with Gasteiger partial charge in [0.25, 0.3) is 10.0 Å². The van der Waals surface area contributed by atoms with Crippen molar-refractivity contribution in [3.05, 3.63) is 78.1 Å². The number of nitrogens with zero attached hydrogens (tertiary/aromatic N) is 1. The first-order valence-electron chi connectivity index (χ1n) is 7.72. The van der Waals surface area contributed by atoms with Crippen LogP contribution in [0.4, 0.5) is 5.69 Å². The largest absolute Gasteiger partial charge is 0.455 e. The van der Waals surface area contributed by atoms with Crippen molar-refractivity contribution in [3.8, 4) is 11.5 Å². The quantitative estimate of drug-likeness (QED) is 0.742. The van der Waals surface area contributed by atoms with Gasteiger partial charge in [0.2, 0.25) is 0 Å². The number of rotatable bonds is 5. The van der Waals surface area contributed by atoms with Gasteiger partial charge in [-0.15, -0.1) is 0 Å². The Labute approximate surface area is 147 Å². The summed E-state index contributed by atoms with van der Waals surface area (Å²) in [6, 6.07) is 15.4. The van der Waals surface area contributed by atoms with Crippen LogP contribution in [0, 0.1) is 13.8 Å². The zero-order valence-electron chi connectivity index (χ0n) is 13.9. The Bertz CT molecular complexity index is 969. The maximum atomic E-state index is 12.4. The van der Waals surface area contributed by atoms with Gasteiger partial charge in [0, 0.05) is 11.9 Å². The Kier molecular flexibility index (Phi) is 4.72. The minimum absolute atomic E-state index is 0.228. The predicted octanol–water partition coefficient (Wildman–Crippen LogP) is 4.29. The molecule has 3 aromatic rings. The van der Waals surface area contributed by atoms with E-state index in [-0.39, 0.29) is 4.90 Å². The summed E-state index contributed by atoms with van der Waals surface area (Å²) in [6.07, 6.45) is 3.29. The molecule has 1 heterocycles. The number of sulfonamides is 1. The number of pyridine rings is 1. The average molecular weight is 354 g/mol. The topological polar surface area (TPSA) is 68.3 Å². The highest BCUT2D eigenvalue weighted by Gasteiger charge is 2.14. The van der Waals surface area contributed by atoms with Crippen LogP contribution in [0.25, 0.3) is 0 Å². The lowest BCUT2D eigenvalue weighted by Gasteiger charge is -2.12. The summed E-state index contributed by atoms with van der Waals surface area (Å²) in [4.78, 5) is 4.23. The van der Waals surface area contributed by atoms with Crippen LogP contribution in [-0.2, 0) is 10.0 Å². The standard InChI is InChI=1S/C19H18N2O3S/c1-14-5-8-18(9-6-14)25(22,23)21-16-7-10-19(15(2)12-16)24-17-4-3-11-20-13-17/h3-13,21H,1-2H3. The van der Waals surface area contributed by atoms with E-state index in [2.05, 4.69) is 9.71 Å². The Morgan fingerprint density at radius 3 is 2.40 bits per heavy atom. The molecule has 0 saturated heterocycles. The predicted molar refractivity (Wildman–Crippen MR) is 97.5 cm³/mol. The molecule has 0 bridgehead atoms. The number of aryl methyl sites for hydroxylation is 2. The molecule has 0 aliphatic rings. The van der Waals surface area contributed by atoms with Crippen molar-refractivity contribution in [2.75, 3.05) is 4.72 Å². The van der Waals surface area contributed by atoms with E-state index in [0.717, 1.165) is 11.1 Å². The molecule has 1 N–H and O–H groups in total. The Hall–Kier alpha value is -2.86. The third kappa shape index (κ3) is 4.16. The first-order valence-corrected chi connectivity index (χ1v) is 9.20. The minimum atomic E-state index is -3.62. The summed E-state index contributed by atoms with van der Waals surface area (Å²) in [5, 5.41) is 0. The molecule has 5 nitrogen and oxygen atoms in total. The summed E-state index contributed by atoms with van der Waals surface area (Å²) >= 11 is 0. The van der Waals surface area contributed by atoms with Crippen molar-refractivity contribution in [1.29, 1.82) is 0 Å². The van der Waals surface area contributed by atoms with Crippen molar-refractivity contribution in [3.63, 3.8) is 0 Å². The van der Waals surface area contributed by atoms with Gasteiger partial charge >= 0.3 is 0 Å². The van der Waals surface area contributed by atoms with Crippen LogP contribution < -0.4 is 9.46 Å². The highest BCUT2D eigenvalue weighted by molar-refractivity contribution is 7.92. The zero-order valence-corrected chi connectivity index (χ0v) is 14.7. The van der Waals surface area contributed by atoms with Gasteiger partial charge in [0.05, 0.1) is 11.1 Å². The molecule has 0 aliphatic heterocycles. The third-order valence-corrected chi connectivity index (χ3v) is 5.02. The highest BCUT2D eigenvalue weighted by Crippen LogP contribution is 2.27. The number of aromatic nitrogens is 1. The summed E-state index contributed by atoms with van der Waals surface area (Å²) in [5.41, 5.74) is 2.30. The second-order valence-corrected chi connectivity index (χ2v) is 7.37. The normalized spacial score (nSPS) is 11.1. The van der Waals surface area contributed by atoms with Crippen LogP contribution in [0.3, 0.4) is 0 Å². The summed E-state index contributed by atoms with van der Waals surface area (Å²) < 4.78 is 33.2. The molecule has 3 rings (SSSR count). The highest BCUT2D eigenvalue weighted by atomic mass is 32.2. The van der Waals surface area contributed by atoms with Crippen LogP contribution in [0.2, 0.25) is 0 Å². The number of ether oxygens (including phenoxy) is 1. The molecular weight excluding hydrogens is 336 g/mol. The molecule has 0 aliphatic carbocycles. The molecule has 2 aromatic carbocycles. The van der Waals surface area contributed by atoms with Gasteiger partial charge < -0.3 is 4.74 Å². The van der Waals surface area contributed by atoms with Gasteiger partial charge in [-0.25, -0.2) is 8.42 Å². The van der Waals surface area contributed by atoms with E-state index in [1.54, 1.807) is 67.0 Å². The lowest BCUT2D eigenvalue weighted by atomic mass is 10.2. The lowest BCUT2D eigenvalue weighted by molar-refractivity contribution is 0.476. The fourth-order valence-electron chi connectivity index (χ4n) is 2.29. The van der Waals surface area contributed by atoms with Crippen molar-refractivity contribution in [1.82, 2.24) is 4.98 Å². The lowest BCUT2D eigenvalue weighted by Crippen LogP contribution is -2.13.